The molecule has 0 N–H and O–H groups in total. The van der Waals surface area contributed by atoms with Crippen molar-refractivity contribution in [1.82, 2.24) is 15.0 Å². The molecule has 1 aliphatic heterocycles. The number of fused-ring (bicyclic) bond motifs is 4. The van der Waals surface area contributed by atoms with Gasteiger partial charge in [-0.2, -0.15) is 0 Å². The maximum absolute atomic E-state index is 5.30. The Morgan fingerprint density at radius 3 is 1.70 bits per heavy atom. The first kappa shape index (κ1) is 33.6. The first-order valence-corrected chi connectivity index (χ1v) is 22.1. The molecule has 1 aromatic heterocycles. The van der Waals surface area contributed by atoms with E-state index in [0.29, 0.717) is 17.5 Å². The van der Waals surface area contributed by atoms with Gasteiger partial charge >= 0.3 is 0 Å². The molecule has 4 nitrogen and oxygen atoms in total. The molecular weight excluding hydrogens is 697 g/mol. The van der Waals surface area contributed by atoms with Crippen LogP contribution in [0.2, 0.25) is 13.1 Å². The second-order valence-electron chi connectivity index (χ2n) is 14.9. The van der Waals surface area contributed by atoms with Crippen LogP contribution in [-0.4, -0.2) is 23.0 Å². The maximum atomic E-state index is 5.30. The third-order valence-electron chi connectivity index (χ3n) is 11.1. The third-order valence-corrected chi connectivity index (χ3v) is 14.7. The Labute approximate surface area is 328 Å². The van der Waals surface area contributed by atoms with E-state index in [0.717, 1.165) is 33.8 Å². The Bertz CT molecular complexity index is 2890. The Morgan fingerprint density at radius 1 is 0.357 bits per heavy atom. The Hall–Kier alpha value is -6.95. The molecule has 0 amide bonds. The lowest BCUT2D eigenvalue weighted by Gasteiger charge is -2.27. The summed E-state index contributed by atoms with van der Waals surface area (Å²) in [6.07, 6.45) is 0. The summed E-state index contributed by atoms with van der Waals surface area (Å²) in [6.45, 7) is 4.89. The Kier molecular flexibility index (Phi) is 8.23. The third kappa shape index (κ3) is 5.90. The van der Waals surface area contributed by atoms with Crippen LogP contribution in [0.25, 0.3) is 67.2 Å². The SMILES string of the molecule is C[Si]1(C)c2ccccc2-c2ccc(-c3nc(-c4ccccc4)nc(-c4ccccc4N(c4ccccc4)c4ccc(-c5ccc6ccccc6c5)cc4)n3)cc21. The molecule has 0 saturated carbocycles. The van der Waals surface area contributed by atoms with Crippen molar-refractivity contribution in [2.24, 2.45) is 0 Å². The van der Waals surface area contributed by atoms with Crippen LogP contribution in [-0.2, 0) is 0 Å². The van der Waals surface area contributed by atoms with E-state index < -0.39 is 8.07 Å². The average Bonchev–Trinajstić information content (AvgIpc) is 3.50. The summed E-state index contributed by atoms with van der Waals surface area (Å²) in [5.74, 6) is 1.93. The van der Waals surface area contributed by atoms with Crippen molar-refractivity contribution in [1.29, 1.82) is 0 Å². The second-order valence-corrected chi connectivity index (χ2v) is 19.2. The minimum Gasteiger partial charge on any atom is -0.310 e. The van der Waals surface area contributed by atoms with Gasteiger partial charge in [-0.3, -0.25) is 0 Å². The van der Waals surface area contributed by atoms with Crippen molar-refractivity contribution in [2.45, 2.75) is 13.1 Å². The summed E-state index contributed by atoms with van der Waals surface area (Å²) in [5, 5.41) is 5.37. The fraction of sp³-hybridized carbons (Fsp3) is 0.0392. The van der Waals surface area contributed by atoms with Gasteiger partial charge in [0, 0.05) is 28.1 Å². The summed E-state index contributed by atoms with van der Waals surface area (Å²) in [4.78, 5) is 17.9. The molecule has 0 fully saturated rings. The second kappa shape index (κ2) is 13.7. The standard InChI is InChI=1S/C51H38N4Si/c1-56(2)47-24-14-12-21-43(47)44-32-29-40(34-48(44)56)50-52-49(37-16-5-3-6-17-37)53-51(54-50)45-22-11-13-23-46(45)55(41-19-7-4-8-20-41)42-30-27-36(28-31-42)39-26-25-35-15-9-10-18-38(35)33-39/h3-34H,1-2H3. The van der Waals surface area contributed by atoms with Crippen molar-refractivity contribution in [3.05, 3.63) is 194 Å². The van der Waals surface area contributed by atoms with Crippen LogP contribution < -0.4 is 15.3 Å². The normalized spacial score (nSPS) is 12.6. The topological polar surface area (TPSA) is 41.9 Å². The van der Waals surface area contributed by atoms with Crippen LogP contribution >= 0.6 is 0 Å². The average molecular weight is 735 g/mol. The summed E-state index contributed by atoms with van der Waals surface area (Å²) in [7, 11) is -1.92. The molecule has 9 aromatic rings. The maximum Gasteiger partial charge on any atom is 0.166 e. The fourth-order valence-electron chi connectivity index (χ4n) is 8.22. The van der Waals surface area contributed by atoms with E-state index in [2.05, 4.69) is 194 Å². The first-order valence-electron chi connectivity index (χ1n) is 19.1. The van der Waals surface area contributed by atoms with Crippen molar-refractivity contribution in [3.63, 3.8) is 0 Å². The molecule has 2 heterocycles. The van der Waals surface area contributed by atoms with Gasteiger partial charge in [0.15, 0.2) is 17.5 Å². The number of anilines is 3. The predicted octanol–water partition coefficient (Wildman–Crippen LogP) is 12.0. The molecule has 56 heavy (non-hydrogen) atoms. The van der Waals surface area contributed by atoms with Crippen LogP contribution in [0.15, 0.2) is 194 Å². The molecule has 266 valence electrons. The molecule has 0 saturated heterocycles. The van der Waals surface area contributed by atoms with Gasteiger partial charge in [0.25, 0.3) is 0 Å². The number of hydrogen-bond acceptors (Lipinski definition) is 4. The highest BCUT2D eigenvalue weighted by molar-refractivity contribution is 7.03. The highest BCUT2D eigenvalue weighted by Gasteiger charge is 2.37. The lowest BCUT2D eigenvalue weighted by Crippen LogP contribution is -2.49. The van der Waals surface area contributed by atoms with Crippen molar-refractivity contribution in [2.75, 3.05) is 4.90 Å². The lowest BCUT2D eigenvalue weighted by atomic mass is 10.0. The monoisotopic (exact) mass is 734 g/mol. The van der Waals surface area contributed by atoms with E-state index in [1.54, 1.807) is 0 Å². The largest absolute Gasteiger partial charge is 0.310 e. The van der Waals surface area contributed by atoms with Gasteiger partial charge in [0.1, 0.15) is 8.07 Å². The van der Waals surface area contributed by atoms with Crippen LogP contribution in [0.5, 0.6) is 0 Å². The van der Waals surface area contributed by atoms with Crippen LogP contribution in [0.4, 0.5) is 17.1 Å². The van der Waals surface area contributed by atoms with Crippen molar-refractivity contribution >= 4 is 46.3 Å². The molecule has 5 heteroatoms. The van der Waals surface area contributed by atoms with Gasteiger partial charge in [0.05, 0.1) is 5.69 Å². The number of hydrogen-bond donors (Lipinski definition) is 0. The van der Waals surface area contributed by atoms with Crippen LogP contribution in [0.1, 0.15) is 0 Å². The molecule has 10 rings (SSSR count). The van der Waals surface area contributed by atoms with E-state index in [9.17, 15) is 0 Å². The first-order chi connectivity index (χ1) is 27.5. The molecule has 0 spiro atoms. The van der Waals surface area contributed by atoms with E-state index >= 15 is 0 Å². The van der Waals surface area contributed by atoms with Crippen molar-refractivity contribution < 1.29 is 0 Å². The molecule has 0 atom stereocenters. The fourth-order valence-corrected chi connectivity index (χ4v) is 11.3. The van der Waals surface area contributed by atoms with E-state index in [-0.39, 0.29) is 0 Å². The molecule has 8 aromatic carbocycles. The van der Waals surface area contributed by atoms with Crippen molar-refractivity contribution in [3.8, 4) is 56.4 Å². The number of rotatable bonds is 7. The minimum atomic E-state index is -1.92. The summed E-state index contributed by atoms with van der Waals surface area (Å²) in [5.41, 5.74) is 11.0. The molecule has 0 aliphatic carbocycles. The highest BCUT2D eigenvalue weighted by atomic mass is 28.3. The smallest absolute Gasteiger partial charge is 0.166 e. The zero-order valence-electron chi connectivity index (χ0n) is 31.3. The highest BCUT2D eigenvalue weighted by Crippen LogP contribution is 2.41. The van der Waals surface area contributed by atoms with Gasteiger partial charge in [-0.1, -0.05) is 165 Å². The Morgan fingerprint density at radius 2 is 0.911 bits per heavy atom. The number of nitrogens with zero attached hydrogens (tertiary/aromatic N) is 4. The van der Waals surface area contributed by atoms with Gasteiger partial charge < -0.3 is 4.90 Å². The van der Waals surface area contributed by atoms with Gasteiger partial charge in [-0.15, -0.1) is 0 Å². The lowest BCUT2D eigenvalue weighted by molar-refractivity contribution is 1.07. The van der Waals surface area contributed by atoms with Crippen LogP contribution in [0, 0.1) is 0 Å². The summed E-state index contributed by atoms with van der Waals surface area (Å²) >= 11 is 0. The van der Waals surface area contributed by atoms with Gasteiger partial charge in [-0.05, 0) is 85.9 Å². The summed E-state index contributed by atoms with van der Waals surface area (Å²) in [6, 6.07) is 68.8. The van der Waals surface area contributed by atoms with Crippen LogP contribution in [0.3, 0.4) is 0 Å². The molecular formula is C51H38N4Si. The predicted molar refractivity (Wildman–Crippen MR) is 236 cm³/mol. The number of para-hydroxylation sites is 2. The summed E-state index contributed by atoms with van der Waals surface area (Å²) < 4.78 is 0. The Balaban J connectivity index is 1.11. The number of aromatic nitrogens is 3. The molecule has 0 unspecified atom stereocenters. The minimum absolute atomic E-state index is 0.624. The molecule has 0 radical (unpaired) electrons. The van der Waals surface area contributed by atoms with E-state index in [1.807, 2.05) is 18.2 Å². The molecule has 0 bridgehead atoms. The van der Waals surface area contributed by atoms with Gasteiger partial charge in [0.2, 0.25) is 0 Å². The zero-order chi connectivity index (χ0) is 37.6. The van der Waals surface area contributed by atoms with E-state index in [4.69, 9.17) is 15.0 Å². The number of benzene rings is 8. The van der Waals surface area contributed by atoms with E-state index in [1.165, 1.54) is 43.4 Å². The zero-order valence-corrected chi connectivity index (χ0v) is 32.3. The quantitative estimate of drug-likeness (QED) is 0.153. The molecule has 1 aliphatic rings. The van der Waals surface area contributed by atoms with Gasteiger partial charge in [-0.25, -0.2) is 15.0 Å².